The molecule has 0 radical (unpaired) electrons. The lowest BCUT2D eigenvalue weighted by atomic mass is 10.4. The van der Waals surface area contributed by atoms with E-state index in [2.05, 4.69) is 72.8 Å². The van der Waals surface area contributed by atoms with Gasteiger partial charge in [0.05, 0.1) is 0 Å². The van der Waals surface area contributed by atoms with E-state index in [1.807, 2.05) is 18.2 Å². The number of benzene rings is 3. The normalized spacial score (nSPS) is 12.0. The summed E-state index contributed by atoms with van der Waals surface area (Å²) in [4.78, 5) is 0. The Morgan fingerprint density at radius 3 is 1.07 bits per heavy atom. The van der Waals surface area contributed by atoms with Gasteiger partial charge in [-0.1, -0.05) is 54.6 Å². The molecule has 0 saturated heterocycles. The number of hydrogen-bond donors (Lipinski definition) is 0. The predicted molar refractivity (Wildman–Crippen MR) is 107 cm³/mol. The highest BCUT2D eigenvalue weighted by atomic mass is 35.7. The highest BCUT2D eigenvalue weighted by molar-refractivity contribution is 8.14. The van der Waals surface area contributed by atoms with E-state index < -0.39 is 22.2 Å². The molecule has 0 saturated carbocycles. The SMILES string of the molecule is Cl[P+](c1ccccc1)(c1ccccc1)c1ccccc1.O=S(=O)([O-])C(F)(F)F. The van der Waals surface area contributed by atoms with E-state index in [9.17, 15) is 13.2 Å². The second-order valence-corrected chi connectivity index (χ2v) is 11.1. The van der Waals surface area contributed by atoms with Crippen molar-refractivity contribution in [2.75, 3.05) is 0 Å². The van der Waals surface area contributed by atoms with Crippen molar-refractivity contribution < 1.29 is 26.1 Å². The Morgan fingerprint density at radius 2 is 0.893 bits per heavy atom. The molecule has 0 spiro atoms. The molecule has 9 heteroatoms. The van der Waals surface area contributed by atoms with Crippen LogP contribution in [0, 0.1) is 0 Å². The quantitative estimate of drug-likeness (QED) is 0.344. The number of rotatable bonds is 3. The summed E-state index contributed by atoms with van der Waals surface area (Å²) >= 11 is 7.23. The molecular weight excluding hydrogens is 432 g/mol. The minimum Gasteiger partial charge on any atom is -0.741 e. The molecule has 0 aromatic heterocycles. The van der Waals surface area contributed by atoms with Gasteiger partial charge in [0.1, 0.15) is 27.2 Å². The van der Waals surface area contributed by atoms with Gasteiger partial charge in [-0.2, -0.15) is 13.2 Å². The first-order chi connectivity index (χ1) is 13.1. The van der Waals surface area contributed by atoms with Crippen LogP contribution in [-0.2, 0) is 10.1 Å². The first-order valence-electron chi connectivity index (χ1n) is 7.84. The lowest BCUT2D eigenvalue weighted by molar-refractivity contribution is -0.0517. The third kappa shape index (κ3) is 5.32. The van der Waals surface area contributed by atoms with Gasteiger partial charge in [0.15, 0.2) is 10.1 Å². The molecule has 0 amide bonds. The van der Waals surface area contributed by atoms with Gasteiger partial charge in [0, 0.05) is 0 Å². The third-order valence-electron chi connectivity index (χ3n) is 3.62. The maximum absolute atomic E-state index is 10.7. The Balaban J connectivity index is 0.000000300. The molecule has 0 aliphatic carbocycles. The van der Waals surface area contributed by atoms with Crippen molar-refractivity contribution in [3.63, 3.8) is 0 Å². The molecule has 0 bridgehead atoms. The van der Waals surface area contributed by atoms with Crippen molar-refractivity contribution >= 4 is 43.9 Å². The molecule has 28 heavy (non-hydrogen) atoms. The minimum absolute atomic E-state index is 1.19. The fourth-order valence-electron chi connectivity index (χ4n) is 2.35. The minimum atomic E-state index is -6.09. The molecule has 3 rings (SSSR count). The van der Waals surface area contributed by atoms with Gasteiger partial charge in [-0.25, -0.2) is 8.42 Å². The van der Waals surface area contributed by atoms with Crippen LogP contribution in [0.2, 0.25) is 0 Å². The Kier molecular flexibility index (Phi) is 7.23. The summed E-state index contributed by atoms with van der Waals surface area (Å²) in [5, 5.41) is 3.58. The molecule has 0 atom stereocenters. The molecular formula is C19H15ClF3O3PS. The van der Waals surface area contributed by atoms with Crippen LogP contribution in [-0.4, -0.2) is 18.5 Å². The van der Waals surface area contributed by atoms with Crippen LogP contribution in [0.15, 0.2) is 91.0 Å². The van der Waals surface area contributed by atoms with E-state index in [1.54, 1.807) is 0 Å². The maximum atomic E-state index is 10.7. The van der Waals surface area contributed by atoms with Crippen LogP contribution in [0.4, 0.5) is 13.2 Å². The lowest BCUT2D eigenvalue weighted by Crippen LogP contribution is -2.26. The van der Waals surface area contributed by atoms with Crippen molar-refractivity contribution in [2.24, 2.45) is 0 Å². The standard InChI is InChI=1S/C18H15ClP.CHF3O3S/c19-20(16-10-4-1-5-11-16,17-12-6-2-7-13-17)18-14-8-3-9-15-18;2-1(3,4)8(5,6)7/h1-15H;(H,5,6,7)/q+1;/p-1. The van der Waals surface area contributed by atoms with E-state index in [4.69, 9.17) is 24.2 Å². The van der Waals surface area contributed by atoms with Crippen molar-refractivity contribution in [1.29, 1.82) is 0 Å². The summed E-state index contributed by atoms with van der Waals surface area (Å²) in [7, 11) is -6.09. The zero-order valence-corrected chi connectivity index (χ0v) is 16.7. The van der Waals surface area contributed by atoms with E-state index >= 15 is 0 Å². The van der Waals surface area contributed by atoms with E-state index in [0.717, 1.165) is 0 Å². The predicted octanol–water partition coefficient (Wildman–Crippen LogP) is 4.19. The van der Waals surface area contributed by atoms with E-state index in [0.29, 0.717) is 0 Å². The number of halogens is 4. The topological polar surface area (TPSA) is 57.2 Å². The van der Waals surface area contributed by atoms with Crippen LogP contribution in [0.5, 0.6) is 0 Å². The van der Waals surface area contributed by atoms with Crippen molar-refractivity contribution in [1.82, 2.24) is 0 Å². The van der Waals surface area contributed by atoms with Crippen LogP contribution in [0.3, 0.4) is 0 Å². The fourth-order valence-corrected chi connectivity index (χ4v) is 6.00. The molecule has 0 heterocycles. The smallest absolute Gasteiger partial charge is 0.485 e. The Hall–Kier alpha value is -1.92. The first kappa shape index (κ1) is 22.4. The summed E-state index contributed by atoms with van der Waals surface area (Å²) in [5.74, 6) is 0. The van der Waals surface area contributed by atoms with Crippen LogP contribution < -0.4 is 15.9 Å². The molecule has 0 aliphatic rings. The second kappa shape index (κ2) is 9.05. The van der Waals surface area contributed by atoms with Gasteiger partial charge in [0.25, 0.3) is 0 Å². The zero-order valence-electron chi connectivity index (χ0n) is 14.3. The van der Waals surface area contributed by atoms with Gasteiger partial charge in [-0.05, 0) is 36.4 Å². The maximum Gasteiger partial charge on any atom is 0.485 e. The van der Waals surface area contributed by atoms with E-state index in [-0.39, 0.29) is 0 Å². The van der Waals surface area contributed by atoms with Gasteiger partial charge in [-0.3, -0.25) is 0 Å². The van der Waals surface area contributed by atoms with E-state index in [1.165, 1.54) is 15.9 Å². The molecule has 3 aromatic carbocycles. The van der Waals surface area contributed by atoms with Crippen molar-refractivity contribution in [2.45, 2.75) is 5.51 Å². The average Bonchev–Trinajstić information content (AvgIpc) is 2.68. The highest BCUT2D eigenvalue weighted by Gasteiger charge is 2.44. The second-order valence-electron chi connectivity index (χ2n) is 5.50. The Labute approximate surface area is 166 Å². The summed E-state index contributed by atoms with van der Waals surface area (Å²) in [6.07, 6.45) is 0. The van der Waals surface area contributed by atoms with Crippen LogP contribution >= 0.6 is 17.9 Å². The summed E-state index contributed by atoms with van der Waals surface area (Å²) < 4.78 is 58.9. The molecule has 0 fully saturated rings. The van der Waals surface area contributed by atoms with Crippen LogP contribution in [0.25, 0.3) is 0 Å². The monoisotopic (exact) mass is 446 g/mol. The molecule has 0 aliphatic heterocycles. The third-order valence-corrected chi connectivity index (χ3v) is 8.97. The lowest BCUT2D eigenvalue weighted by Gasteiger charge is -2.18. The van der Waals surface area contributed by atoms with Gasteiger partial charge in [-0.15, -0.1) is 0 Å². The van der Waals surface area contributed by atoms with Crippen LogP contribution in [0.1, 0.15) is 0 Å². The zero-order chi connectivity index (χ0) is 20.8. The summed E-state index contributed by atoms with van der Waals surface area (Å²) in [6, 6.07) is 31.2. The van der Waals surface area contributed by atoms with Gasteiger partial charge in [0.2, 0.25) is 6.62 Å². The molecule has 0 unspecified atom stereocenters. The highest BCUT2D eigenvalue weighted by Crippen LogP contribution is 2.60. The van der Waals surface area contributed by atoms with Crippen molar-refractivity contribution in [3.05, 3.63) is 91.0 Å². The van der Waals surface area contributed by atoms with Crippen molar-refractivity contribution in [3.8, 4) is 0 Å². The Morgan fingerprint density at radius 1 is 0.679 bits per heavy atom. The summed E-state index contributed by atoms with van der Waals surface area (Å²) in [5.41, 5.74) is -5.65. The molecule has 148 valence electrons. The largest absolute Gasteiger partial charge is 0.741 e. The fraction of sp³-hybridized carbons (Fsp3) is 0.0526. The first-order valence-corrected chi connectivity index (χ1v) is 11.9. The Bertz CT molecular complexity index is 887. The molecule has 3 nitrogen and oxygen atoms in total. The molecule has 3 aromatic rings. The van der Waals surface area contributed by atoms with Gasteiger partial charge >= 0.3 is 5.51 Å². The molecule has 0 N–H and O–H groups in total. The number of hydrogen-bond acceptors (Lipinski definition) is 3. The average molecular weight is 447 g/mol. The number of alkyl halides is 3. The van der Waals surface area contributed by atoms with Gasteiger partial charge < -0.3 is 4.55 Å². The summed E-state index contributed by atoms with van der Waals surface area (Å²) in [6.45, 7) is -2.05.